The van der Waals surface area contributed by atoms with Crippen molar-refractivity contribution in [2.24, 2.45) is 0 Å². The number of carbonyl (C=O) groups is 1. The summed E-state index contributed by atoms with van der Waals surface area (Å²) in [5.74, 6) is -1.70. The molecule has 1 aliphatic rings. The highest BCUT2D eigenvalue weighted by molar-refractivity contribution is 6.00. The third kappa shape index (κ3) is 3.23. The molecule has 0 aliphatic carbocycles. The van der Waals surface area contributed by atoms with Gasteiger partial charge in [-0.3, -0.25) is 9.69 Å². The first-order valence-corrected chi connectivity index (χ1v) is 7.25. The minimum atomic E-state index is -0.774. The minimum absolute atomic E-state index is 0.0182. The second-order valence-electron chi connectivity index (χ2n) is 5.60. The van der Waals surface area contributed by atoms with E-state index in [4.69, 9.17) is 0 Å². The van der Waals surface area contributed by atoms with Gasteiger partial charge in [-0.2, -0.15) is 0 Å². The molecule has 20 heavy (non-hydrogen) atoms. The molecule has 0 aromatic heterocycles. The van der Waals surface area contributed by atoms with E-state index in [9.17, 15) is 13.6 Å². The SMILES string of the molecule is CC1CCCCCN1C(C)C(=O)c1ccc(F)cc1F. The molecule has 110 valence electrons. The molecule has 2 atom stereocenters. The van der Waals surface area contributed by atoms with E-state index >= 15 is 0 Å². The Morgan fingerprint density at radius 3 is 2.75 bits per heavy atom. The molecule has 1 aliphatic heterocycles. The minimum Gasteiger partial charge on any atom is -0.292 e. The summed E-state index contributed by atoms with van der Waals surface area (Å²) in [6, 6.07) is 3.09. The predicted molar refractivity (Wildman–Crippen MR) is 74.8 cm³/mol. The highest BCUT2D eigenvalue weighted by Crippen LogP contribution is 2.21. The van der Waals surface area contributed by atoms with Gasteiger partial charge in [0.2, 0.25) is 0 Å². The van der Waals surface area contributed by atoms with E-state index in [-0.39, 0.29) is 17.4 Å². The molecule has 4 heteroatoms. The lowest BCUT2D eigenvalue weighted by Gasteiger charge is -2.32. The van der Waals surface area contributed by atoms with Crippen LogP contribution in [0.25, 0.3) is 0 Å². The zero-order chi connectivity index (χ0) is 14.7. The van der Waals surface area contributed by atoms with Gasteiger partial charge in [-0.1, -0.05) is 12.8 Å². The van der Waals surface area contributed by atoms with Gasteiger partial charge in [0.1, 0.15) is 11.6 Å². The van der Waals surface area contributed by atoms with E-state index < -0.39 is 11.6 Å². The van der Waals surface area contributed by atoms with Crippen LogP contribution in [0.15, 0.2) is 18.2 Å². The van der Waals surface area contributed by atoms with Gasteiger partial charge in [-0.05, 0) is 45.4 Å². The van der Waals surface area contributed by atoms with Gasteiger partial charge in [0, 0.05) is 12.1 Å². The van der Waals surface area contributed by atoms with Crippen molar-refractivity contribution >= 4 is 5.78 Å². The molecule has 1 heterocycles. The van der Waals surface area contributed by atoms with Crippen LogP contribution in [0.4, 0.5) is 8.78 Å². The number of hydrogen-bond donors (Lipinski definition) is 0. The first-order chi connectivity index (χ1) is 9.50. The Labute approximate surface area is 118 Å². The van der Waals surface area contributed by atoms with Crippen molar-refractivity contribution in [2.45, 2.75) is 51.6 Å². The van der Waals surface area contributed by atoms with Crippen molar-refractivity contribution in [1.82, 2.24) is 4.90 Å². The van der Waals surface area contributed by atoms with E-state index in [2.05, 4.69) is 11.8 Å². The predicted octanol–water partition coefficient (Wildman–Crippen LogP) is 3.80. The van der Waals surface area contributed by atoms with Crippen molar-refractivity contribution in [3.63, 3.8) is 0 Å². The maximum atomic E-state index is 13.7. The average Bonchev–Trinajstić information content (AvgIpc) is 2.62. The fraction of sp³-hybridized carbons (Fsp3) is 0.562. The summed E-state index contributed by atoms with van der Waals surface area (Å²) in [5.41, 5.74) is -0.0182. The fourth-order valence-corrected chi connectivity index (χ4v) is 2.94. The lowest BCUT2D eigenvalue weighted by atomic mass is 10.0. The molecule has 0 N–H and O–H groups in total. The van der Waals surface area contributed by atoms with Crippen molar-refractivity contribution in [2.75, 3.05) is 6.54 Å². The van der Waals surface area contributed by atoms with Gasteiger partial charge in [-0.15, -0.1) is 0 Å². The Balaban J connectivity index is 2.18. The second kappa shape index (κ2) is 6.44. The molecule has 0 saturated carbocycles. The number of carbonyl (C=O) groups excluding carboxylic acids is 1. The van der Waals surface area contributed by atoms with Crippen molar-refractivity contribution in [3.05, 3.63) is 35.4 Å². The van der Waals surface area contributed by atoms with Gasteiger partial charge < -0.3 is 0 Å². The van der Waals surface area contributed by atoms with Crippen LogP contribution in [0.3, 0.4) is 0 Å². The molecule has 0 spiro atoms. The summed E-state index contributed by atoms with van der Waals surface area (Å²) < 4.78 is 26.6. The van der Waals surface area contributed by atoms with Crippen molar-refractivity contribution in [1.29, 1.82) is 0 Å². The average molecular weight is 281 g/mol. The molecule has 0 bridgehead atoms. The Bertz CT molecular complexity index is 489. The number of ketones is 1. The number of likely N-dealkylation sites (tertiary alicyclic amines) is 1. The normalized spacial score (nSPS) is 22.3. The Hall–Kier alpha value is -1.29. The van der Waals surface area contributed by atoms with Gasteiger partial charge in [0.15, 0.2) is 5.78 Å². The number of halogens is 2. The molecule has 1 aromatic carbocycles. The third-order valence-corrected chi connectivity index (χ3v) is 4.18. The van der Waals surface area contributed by atoms with E-state index in [0.717, 1.165) is 31.5 Å². The Kier molecular flexibility index (Phi) is 4.86. The molecular weight excluding hydrogens is 260 g/mol. The van der Waals surface area contributed by atoms with Gasteiger partial charge >= 0.3 is 0 Å². The molecule has 1 aromatic rings. The summed E-state index contributed by atoms with van der Waals surface area (Å²) in [4.78, 5) is 14.6. The molecule has 2 rings (SSSR count). The summed E-state index contributed by atoms with van der Waals surface area (Å²) in [5, 5.41) is 0. The number of benzene rings is 1. The highest BCUT2D eigenvalue weighted by Gasteiger charge is 2.28. The standard InChI is InChI=1S/C16H21F2NO/c1-11-6-4-3-5-9-19(11)12(2)16(20)14-8-7-13(17)10-15(14)18/h7-8,10-12H,3-6,9H2,1-2H3. The van der Waals surface area contributed by atoms with E-state index in [1.54, 1.807) is 0 Å². The van der Waals surface area contributed by atoms with Crippen LogP contribution < -0.4 is 0 Å². The first kappa shape index (κ1) is 15.1. The first-order valence-electron chi connectivity index (χ1n) is 7.25. The molecule has 1 fully saturated rings. The molecule has 2 nitrogen and oxygen atoms in total. The van der Waals surface area contributed by atoms with Crippen LogP contribution in [-0.4, -0.2) is 29.3 Å². The Morgan fingerprint density at radius 1 is 1.30 bits per heavy atom. The van der Waals surface area contributed by atoms with E-state index in [1.165, 1.54) is 18.9 Å². The number of Topliss-reactive ketones (excluding diaryl/α,β-unsaturated/α-hetero) is 1. The number of hydrogen-bond acceptors (Lipinski definition) is 2. The summed E-state index contributed by atoms with van der Waals surface area (Å²) in [6.07, 6.45) is 4.47. The largest absolute Gasteiger partial charge is 0.292 e. The number of nitrogens with zero attached hydrogens (tertiary/aromatic N) is 1. The van der Waals surface area contributed by atoms with Crippen molar-refractivity contribution in [3.8, 4) is 0 Å². The van der Waals surface area contributed by atoms with Crippen molar-refractivity contribution < 1.29 is 13.6 Å². The monoisotopic (exact) mass is 281 g/mol. The smallest absolute Gasteiger partial charge is 0.182 e. The van der Waals surface area contributed by atoms with Gasteiger partial charge in [0.05, 0.1) is 11.6 Å². The van der Waals surface area contributed by atoms with Crippen LogP contribution in [0.1, 0.15) is 49.9 Å². The van der Waals surface area contributed by atoms with E-state index in [1.807, 2.05) is 6.92 Å². The van der Waals surface area contributed by atoms with E-state index in [0.29, 0.717) is 6.04 Å². The van der Waals surface area contributed by atoms with Gasteiger partial charge in [0.25, 0.3) is 0 Å². The number of rotatable bonds is 3. The summed E-state index contributed by atoms with van der Waals surface area (Å²) in [7, 11) is 0. The maximum absolute atomic E-state index is 13.7. The Morgan fingerprint density at radius 2 is 2.05 bits per heavy atom. The topological polar surface area (TPSA) is 20.3 Å². The van der Waals surface area contributed by atoms with Crippen LogP contribution in [0, 0.1) is 11.6 Å². The maximum Gasteiger partial charge on any atom is 0.182 e. The van der Waals surface area contributed by atoms with Crippen LogP contribution >= 0.6 is 0 Å². The van der Waals surface area contributed by atoms with Crippen LogP contribution in [0.5, 0.6) is 0 Å². The van der Waals surface area contributed by atoms with Crippen LogP contribution in [0.2, 0.25) is 0 Å². The molecule has 2 unspecified atom stereocenters. The fourth-order valence-electron chi connectivity index (χ4n) is 2.94. The summed E-state index contributed by atoms with van der Waals surface area (Å²) in [6.45, 7) is 4.78. The third-order valence-electron chi connectivity index (χ3n) is 4.18. The lowest BCUT2D eigenvalue weighted by molar-refractivity contribution is 0.0776. The molecule has 0 amide bonds. The highest BCUT2D eigenvalue weighted by atomic mass is 19.1. The molecular formula is C16H21F2NO. The molecule has 0 radical (unpaired) electrons. The second-order valence-corrected chi connectivity index (χ2v) is 5.60. The van der Waals surface area contributed by atoms with Crippen LogP contribution in [-0.2, 0) is 0 Å². The zero-order valence-electron chi connectivity index (χ0n) is 12.0. The lowest BCUT2D eigenvalue weighted by Crippen LogP contribution is -2.44. The summed E-state index contributed by atoms with van der Waals surface area (Å²) >= 11 is 0. The van der Waals surface area contributed by atoms with Gasteiger partial charge in [-0.25, -0.2) is 8.78 Å². The molecule has 1 saturated heterocycles. The quantitative estimate of drug-likeness (QED) is 0.785. The zero-order valence-corrected chi connectivity index (χ0v) is 12.0.